The summed E-state index contributed by atoms with van der Waals surface area (Å²) < 4.78 is 0. The van der Waals surface area contributed by atoms with Gasteiger partial charge in [0.25, 0.3) is 6.54 Å². The molecule has 0 saturated heterocycles. The third kappa shape index (κ3) is 3.78. The fourth-order valence-corrected chi connectivity index (χ4v) is 2.76. The molecule has 0 aliphatic carbocycles. The van der Waals surface area contributed by atoms with Crippen LogP contribution in [0.3, 0.4) is 0 Å². The smallest absolute Gasteiger partial charge is 0.265 e. The summed E-state index contributed by atoms with van der Waals surface area (Å²) in [5.74, 6) is -1.06. The van der Waals surface area contributed by atoms with E-state index in [1.54, 1.807) is 37.3 Å². The molecule has 2 aromatic carbocycles. The molecule has 2 N–H and O–H groups in total. The normalized spacial score (nSPS) is 10.4. The van der Waals surface area contributed by atoms with Crippen molar-refractivity contribution in [3.63, 3.8) is 0 Å². The monoisotopic (exact) mass is 346 g/mol. The van der Waals surface area contributed by atoms with Crippen molar-refractivity contribution in [1.82, 2.24) is 0 Å². The minimum absolute atomic E-state index is 0.0632. The number of carbonyl (C=O) groups excluding carboxylic acids is 2. The first-order valence-electron chi connectivity index (χ1n) is 7.12. The van der Waals surface area contributed by atoms with Crippen LogP contribution in [0.25, 0.3) is 11.1 Å². The van der Waals surface area contributed by atoms with Crippen molar-refractivity contribution in [2.45, 2.75) is 13.3 Å². The Morgan fingerprint density at radius 2 is 1.83 bits per heavy atom. The van der Waals surface area contributed by atoms with E-state index in [1.165, 1.54) is 6.07 Å². The Morgan fingerprint density at radius 3 is 2.46 bits per heavy atom. The van der Waals surface area contributed by atoms with Gasteiger partial charge in [-0.05, 0) is 23.6 Å². The largest absolute Gasteiger partial charge is 0.369 e. The molecule has 0 spiro atoms. The zero-order valence-corrected chi connectivity index (χ0v) is 13.7. The number of Topliss-reactive ketones (excluding diaryl/α,β-unsaturated/α-hetero) is 1. The summed E-state index contributed by atoms with van der Waals surface area (Å²) in [6.07, 6.45) is 0.0632. The number of halogens is 1. The van der Waals surface area contributed by atoms with Gasteiger partial charge in [-0.2, -0.15) is 0 Å². The van der Waals surface area contributed by atoms with E-state index in [0.717, 1.165) is 0 Å². The second-order valence-corrected chi connectivity index (χ2v) is 5.69. The molecule has 2 rings (SSSR count). The second-order valence-electron chi connectivity index (χ2n) is 5.31. The summed E-state index contributed by atoms with van der Waals surface area (Å²) in [7, 11) is 0. The topological polar surface area (TPSA) is 103 Å². The molecule has 0 aliphatic rings. The van der Waals surface area contributed by atoms with Gasteiger partial charge in [-0.25, -0.2) is 0 Å². The number of benzene rings is 2. The zero-order chi connectivity index (χ0) is 17.9. The Kier molecular flexibility index (Phi) is 5.31. The maximum atomic E-state index is 12.1. The van der Waals surface area contributed by atoms with E-state index in [4.69, 9.17) is 17.3 Å². The highest BCUT2D eigenvalue weighted by molar-refractivity contribution is 6.34. The molecule has 0 atom stereocenters. The van der Waals surface area contributed by atoms with Crippen LogP contribution in [-0.4, -0.2) is 23.2 Å². The maximum Gasteiger partial charge on any atom is 0.265 e. The highest BCUT2D eigenvalue weighted by Crippen LogP contribution is 2.34. The summed E-state index contributed by atoms with van der Waals surface area (Å²) in [4.78, 5) is 33.2. The van der Waals surface area contributed by atoms with Gasteiger partial charge in [0.15, 0.2) is 0 Å². The third-order valence-electron chi connectivity index (χ3n) is 3.65. The van der Waals surface area contributed by atoms with Crippen molar-refractivity contribution in [1.29, 1.82) is 0 Å². The average molecular weight is 347 g/mol. The molecule has 0 aliphatic heterocycles. The zero-order valence-electron chi connectivity index (χ0n) is 12.9. The van der Waals surface area contributed by atoms with Gasteiger partial charge in [0.05, 0.1) is 11.4 Å². The van der Waals surface area contributed by atoms with E-state index >= 15 is 0 Å². The molecule has 0 heterocycles. The van der Waals surface area contributed by atoms with Crippen molar-refractivity contribution in [3.8, 4) is 11.1 Å². The molecular weight excluding hydrogens is 332 g/mol. The average Bonchev–Trinajstić information content (AvgIpc) is 2.51. The van der Waals surface area contributed by atoms with Crippen LogP contribution < -0.4 is 5.73 Å². The molecule has 0 unspecified atom stereocenters. The van der Waals surface area contributed by atoms with Crippen molar-refractivity contribution in [2.75, 3.05) is 6.54 Å². The lowest BCUT2D eigenvalue weighted by Gasteiger charge is -2.13. The van der Waals surface area contributed by atoms with Crippen LogP contribution in [0, 0.1) is 17.0 Å². The summed E-state index contributed by atoms with van der Waals surface area (Å²) in [6.45, 7) is 0.971. The quantitative estimate of drug-likeness (QED) is 0.493. The Bertz CT molecular complexity index is 833. The maximum absolute atomic E-state index is 12.1. The molecule has 0 bridgehead atoms. The first-order valence-corrected chi connectivity index (χ1v) is 7.49. The number of hydrogen-bond donors (Lipinski definition) is 1. The van der Waals surface area contributed by atoms with E-state index in [2.05, 4.69) is 0 Å². The number of amides is 1. The molecule has 7 heteroatoms. The summed E-state index contributed by atoms with van der Waals surface area (Å²) >= 11 is 6.40. The lowest BCUT2D eigenvalue weighted by molar-refractivity contribution is -0.465. The number of hydrogen-bond acceptors (Lipinski definition) is 4. The number of rotatable bonds is 6. The first-order chi connectivity index (χ1) is 11.3. The summed E-state index contributed by atoms with van der Waals surface area (Å²) in [6, 6.07) is 9.98. The highest BCUT2D eigenvalue weighted by atomic mass is 35.5. The van der Waals surface area contributed by atoms with Crippen LogP contribution in [-0.2, 0) is 11.2 Å². The summed E-state index contributed by atoms with van der Waals surface area (Å²) in [5, 5.41) is 11.0. The molecule has 1 amide bonds. The van der Waals surface area contributed by atoms with Crippen LogP contribution in [0.15, 0.2) is 36.4 Å². The van der Waals surface area contributed by atoms with Gasteiger partial charge in [0.2, 0.25) is 11.7 Å². The molecule has 0 aromatic heterocycles. The molecule has 124 valence electrons. The molecule has 6 nitrogen and oxygen atoms in total. The molecule has 0 fully saturated rings. The highest BCUT2D eigenvalue weighted by Gasteiger charge is 2.19. The van der Waals surface area contributed by atoms with Gasteiger partial charge in [0.1, 0.15) is 0 Å². The molecule has 0 radical (unpaired) electrons. The van der Waals surface area contributed by atoms with Crippen molar-refractivity contribution >= 4 is 23.3 Å². The standard InChI is InChI=1S/C17H15ClN2O4/c1-10-11(8-16(19)22)6-7-14(17(10)18)12-4-2-3-5-13(12)15(21)9-20(23)24/h2-7H,8-9H2,1H3,(H2,19,22). The van der Waals surface area contributed by atoms with Gasteiger partial charge in [0, 0.05) is 16.1 Å². The number of nitrogens with zero attached hydrogens (tertiary/aromatic N) is 1. The molecule has 24 heavy (non-hydrogen) atoms. The molecule has 0 saturated carbocycles. The lowest BCUT2D eigenvalue weighted by Crippen LogP contribution is -2.15. The Hall–Kier alpha value is -2.73. The number of ketones is 1. The van der Waals surface area contributed by atoms with Crippen LogP contribution in [0.4, 0.5) is 0 Å². The number of nitro groups is 1. The number of carbonyl (C=O) groups is 2. The summed E-state index contributed by atoms with van der Waals surface area (Å²) in [5.41, 5.74) is 7.93. The minimum Gasteiger partial charge on any atom is -0.369 e. The van der Waals surface area contributed by atoms with Crippen LogP contribution in [0.2, 0.25) is 5.02 Å². The fourth-order valence-electron chi connectivity index (χ4n) is 2.48. The lowest BCUT2D eigenvalue weighted by atomic mass is 9.93. The Balaban J connectivity index is 2.53. The first kappa shape index (κ1) is 17.6. The number of primary amides is 1. The van der Waals surface area contributed by atoms with Crippen LogP contribution >= 0.6 is 11.6 Å². The van der Waals surface area contributed by atoms with Gasteiger partial charge in [-0.1, -0.05) is 48.0 Å². The van der Waals surface area contributed by atoms with Crippen LogP contribution in [0.5, 0.6) is 0 Å². The minimum atomic E-state index is -0.784. The van der Waals surface area contributed by atoms with E-state index in [1.807, 2.05) is 0 Å². The van der Waals surface area contributed by atoms with E-state index in [0.29, 0.717) is 27.3 Å². The predicted octanol–water partition coefficient (Wildman–Crippen LogP) is 2.80. The van der Waals surface area contributed by atoms with Crippen molar-refractivity contribution < 1.29 is 14.5 Å². The van der Waals surface area contributed by atoms with Gasteiger partial charge < -0.3 is 5.73 Å². The predicted molar refractivity (Wildman–Crippen MR) is 90.7 cm³/mol. The van der Waals surface area contributed by atoms with E-state index < -0.39 is 23.2 Å². The van der Waals surface area contributed by atoms with Gasteiger partial charge in [-0.15, -0.1) is 0 Å². The molecule has 2 aromatic rings. The van der Waals surface area contributed by atoms with E-state index in [-0.39, 0.29) is 12.0 Å². The number of nitrogens with two attached hydrogens (primary N) is 1. The second kappa shape index (κ2) is 7.23. The Morgan fingerprint density at radius 1 is 1.17 bits per heavy atom. The van der Waals surface area contributed by atoms with E-state index in [9.17, 15) is 19.7 Å². The third-order valence-corrected chi connectivity index (χ3v) is 4.14. The SMILES string of the molecule is Cc1c(CC(N)=O)ccc(-c2ccccc2C(=O)C[N+](=O)[O-])c1Cl. The molecular formula is C17H15ClN2O4. The Labute approximate surface area is 143 Å². The van der Waals surface area contributed by atoms with Gasteiger partial charge in [-0.3, -0.25) is 19.7 Å². The van der Waals surface area contributed by atoms with Crippen LogP contribution in [0.1, 0.15) is 21.5 Å². The van der Waals surface area contributed by atoms with Gasteiger partial charge >= 0.3 is 0 Å². The van der Waals surface area contributed by atoms with Crippen molar-refractivity contribution in [2.24, 2.45) is 5.73 Å². The fraction of sp³-hybridized carbons (Fsp3) is 0.176. The van der Waals surface area contributed by atoms with Crippen molar-refractivity contribution in [3.05, 3.63) is 68.2 Å².